The van der Waals surface area contributed by atoms with E-state index in [2.05, 4.69) is 15.0 Å². The van der Waals surface area contributed by atoms with Gasteiger partial charge in [0.15, 0.2) is 11.8 Å². The molecule has 25 heavy (non-hydrogen) atoms. The van der Waals surface area contributed by atoms with E-state index in [4.69, 9.17) is 4.74 Å². The van der Waals surface area contributed by atoms with E-state index in [-0.39, 0.29) is 5.91 Å². The smallest absolute Gasteiger partial charge is 0.253 e. The van der Waals surface area contributed by atoms with Crippen molar-refractivity contribution in [3.05, 3.63) is 23.5 Å². The molecule has 2 aromatic rings. The monoisotopic (exact) mass is 343 g/mol. The number of amides is 1. The van der Waals surface area contributed by atoms with Crippen LogP contribution in [0.25, 0.3) is 5.65 Å². The number of carbonyl (C=O) groups excluding carboxylic acids is 1. The van der Waals surface area contributed by atoms with Gasteiger partial charge in [-0.25, -0.2) is 4.98 Å². The van der Waals surface area contributed by atoms with Crippen LogP contribution in [0.4, 0.5) is 5.82 Å². The summed E-state index contributed by atoms with van der Waals surface area (Å²) < 4.78 is 7.69. The number of nitrogens with zero attached hydrogens (tertiary/aromatic N) is 5. The summed E-state index contributed by atoms with van der Waals surface area (Å²) in [5.41, 5.74) is 2.74. The second-order valence-electron chi connectivity index (χ2n) is 7.00. The van der Waals surface area contributed by atoms with Crippen molar-refractivity contribution in [1.82, 2.24) is 19.5 Å². The molecule has 4 heterocycles. The highest BCUT2D eigenvalue weighted by molar-refractivity contribution is 5.82. The molecular weight excluding hydrogens is 318 g/mol. The van der Waals surface area contributed by atoms with Gasteiger partial charge in [0.05, 0.1) is 18.8 Å². The molecule has 1 amide bonds. The molecular formula is C18H25N5O2. The third-order valence-electron chi connectivity index (χ3n) is 4.99. The van der Waals surface area contributed by atoms with Crippen molar-refractivity contribution in [3.8, 4) is 0 Å². The van der Waals surface area contributed by atoms with Crippen molar-refractivity contribution in [1.29, 1.82) is 0 Å². The molecule has 134 valence electrons. The number of morpholine rings is 1. The van der Waals surface area contributed by atoms with E-state index in [0.717, 1.165) is 55.3 Å². The molecule has 0 spiro atoms. The van der Waals surface area contributed by atoms with E-state index < -0.39 is 6.10 Å². The summed E-state index contributed by atoms with van der Waals surface area (Å²) in [5, 5.41) is 4.57. The number of rotatable bonds is 2. The summed E-state index contributed by atoms with van der Waals surface area (Å²) in [6, 6.07) is 4.01. The Hall–Kier alpha value is -2.15. The average Bonchev–Trinajstić information content (AvgIpc) is 3.01. The zero-order valence-corrected chi connectivity index (χ0v) is 14.9. The summed E-state index contributed by atoms with van der Waals surface area (Å²) in [7, 11) is 0. The van der Waals surface area contributed by atoms with Crippen LogP contribution in [-0.4, -0.2) is 64.3 Å². The summed E-state index contributed by atoms with van der Waals surface area (Å²) in [5.74, 6) is 1.11. The number of anilines is 1. The number of fused-ring (bicyclic) bond motifs is 1. The second-order valence-corrected chi connectivity index (χ2v) is 7.00. The highest BCUT2D eigenvalue weighted by atomic mass is 16.5. The number of carbonyl (C=O) groups is 1. The Morgan fingerprint density at radius 3 is 2.72 bits per heavy atom. The van der Waals surface area contributed by atoms with E-state index in [9.17, 15) is 4.79 Å². The molecule has 0 radical (unpaired) electrons. The second kappa shape index (κ2) is 6.63. The molecule has 0 N–H and O–H groups in total. The lowest BCUT2D eigenvalue weighted by molar-refractivity contribution is -0.145. The van der Waals surface area contributed by atoms with Crippen molar-refractivity contribution >= 4 is 17.4 Å². The number of aromatic nitrogens is 3. The largest absolute Gasteiger partial charge is 0.365 e. The first-order valence-corrected chi connectivity index (χ1v) is 9.11. The highest BCUT2D eigenvalue weighted by Crippen LogP contribution is 2.22. The quantitative estimate of drug-likeness (QED) is 0.828. The minimum absolute atomic E-state index is 0.128. The number of hydrogen-bond donors (Lipinski definition) is 0. The fourth-order valence-corrected chi connectivity index (χ4v) is 3.74. The fraction of sp³-hybridized carbons (Fsp3) is 0.611. The number of likely N-dealkylation sites (tertiary alicyclic amines) is 1. The molecule has 0 aliphatic carbocycles. The van der Waals surface area contributed by atoms with Crippen LogP contribution in [0.2, 0.25) is 0 Å². The molecule has 1 unspecified atom stereocenters. The maximum atomic E-state index is 12.8. The van der Waals surface area contributed by atoms with E-state index >= 15 is 0 Å². The molecule has 0 saturated carbocycles. The zero-order chi connectivity index (χ0) is 17.4. The van der Waals surface area contributed by atoms with E-state index in [1.165, 1.54) is 6.42 Å². The van der Waals surface area contributed by atoms with Gasteiger partial charge in [-0.3, -0.25) is 4.79 Å². The molecule has 2 aliphatic heterocycles. The first kappa shape index (κ1) is 16.3. The van der Waals surface area contributed by atoms with E-state index in [1.807, 2.05) is 35.4 Å². The van der Waals surface area contributed by atoms with Crippen molar-refractivity contribution < 1.29 is 9.53 Å². The molecule has 4 rings (SSSR count). The van der Waals surface area contributed by atoms with Crippen LogP contribution in [-0.2, 0) is 9.53 Å². The minimum atomic E-state index is -0.396. The molecule has 2 aromatic heterocycles. The molecule has 1 atom stereocenters. The Morgan fingerprint density at radius 2 is 1.92 bits per heavy atom. The van der Waals surface area contributed by atoms with Gasteiger partial charge in [-0.1, -0.05) is 0 Å². The number of hydrogen-bond acceptors (Lipinski definition) is 5. The first-order chi connectivity index (χ1) is 12.1. The predicted octanol–water partition coefficient (Wildman–Crippen LogP) is 1.56. The van der Waals surface area contributed by atoms with Crippen LogP contribution in [0, 0.1) is 13.8 Å². The fourth-order valence-electron chi connectivity index (χ4n) is 3.74. The molecule has 2 aliphatic rings. The van der Waals surface area contributed by atoms with Crippen molar-refractivity contribution in [2.75, 3.05) is 37.7 Å². The number of piperidine rings is 1. The van der Waals surface area contributed by atoms with Gasteiger partial charge in [0, 0.05) is 37.5 Å². The highest BCUT2D eigenvalue weighted by Gasteiger charge is 2.32. The van der Waals surface area contributed by atoms with Crippen LogP contribution >= 0.6 is 0 Å². The molecule has 7 heteroatoms. The van der Waals surface area contributed by atoms with Gasteiger partial charge in [0.2, 0.25) is 0 Å². The molecule has 0 bridgehead atoms. The van der Waals surface area contributed by atoms with Gasteiger partial charge >= 0.3 is 0 Å². The van der Waals surface area contributed by atoms with Crippen LogP contribution in [0.3, 0.4) is 0 Å². The normalized spacial score (nSPS) is 21.8. The lowest BCUT2D eigenvalue weighted by Crippen LogP contribution is -2.52. The third kappa shape index (κ3) is 3.20. The first-order valence-electron chi connectivity index (χ1n) is 9.11. The Kier molecular flexibility index (Phi) is 4.33. The number of ether oxygens (including phenoxy) is 1. The number of aryl methyl sites for hydroxylation is 2. The summed E-state index contributed by atoms with van der Waals surface area (Å²) >= 11 is 0. The van der Waals surface area contributed by atoms with Gasteiger partial charge in [-0.05, 0) is 33.1 Å². The lowest BCUT2D eigenvalue weighted by atomic mass is 10.1. The standard InChI is InChI=1S/C18H25N5O2/c1-13-11-17(23-16(19-13)10-14(2)20-23)22-8-9-25-15(12-22)18(24)21-6-4-3-5-7-21/h10-11,15H,3-9,12H2,1-2H3. The van der Waals surface area contributed by atoms with Crippen molar-refractivity contribution in [3.63, 3.8) is 0 Å². The minimum Gasteiger partial charge on any atom is -0.365 e. The average molecular weight is 343 g/mol. The Bertz CT molecular complexity index is 781. The van der Waals surface area contributed by atoms with Crippen LogP contribution in [0.1, 0.15) is 30.7 Å². The zero-order valence-electron chi connectivity index (χ0n) is 14.9. The molecule has 0 aromatic carbocycles. The molecule has 2 saturated heterocycles. The van der Waals surface area contributed by atoms with Gasteiger partial charge in [-0.15, -0.1) is 0 Å². The third-order valence-corrected chi connectivity index (χ3v) is 4.99. The van der Waals surface area contributed by atoms with Gasteiger partial charge in [0.25, 0.3) is 5.91 Å². The van der Waals surface area contributed by atoms with E-state index in [1.54, 1.807) is 0 Å². The SMILES string of the molecule is Cc1cc(N2CCOC(C(=O)N3CCCCC3)C2)n2nc(C)cc2n1. The molecule has 7 nitrogen and oxygen atoms in total. The Labute approximate surface area is 147 Å². The molecule has 2 fully saturated rings. The van der Waals surface area contributed by atoms with Crippen LogP contribution < -0.4 is 4.90 Å². The van der Waals surface area contributed by atoms with Crippen LogP contribution in [0.5, 0.6) is 0 Å². The van der Waals surface area contributed by atoms with Gasteiger partial charge in [0.1, 0.15) is 5.82 Å². The summed E-state index contributed by atoms with van der Waals surface area (Å²) in [6.07, 6.45) is 3.01. The van der Waals surface area contributed by atoms with Crippen LogP contribution in [0.15, 0.2) is 12.1 Å². The van der Waals surface area contributed by atoms with Gasteiger partial charge in [-0.2, -0.15) is 9.61 Å². The summed E-state index contributed by atoms with van der Waals surface area (Å²) in [4.78, 5) is 21.5. The maximum Gasteiger partial charge on any atom is 0.253 e. The van der Waals surface area contributed by atoms with E-state index in [0.29, 0.717) is 13.2 Å². The van der Waals surface area contributed by atoms with Gasteiger partial charge < -0.3 is 14.5 Å². The Balaban J connectivity index is 1.58. The summed E-state index contributed by atoms with van der Waals surface area (Å²) in [6.45, 7) is 7.53. The topological polar surface area (TPSA) is 63.0 Å². The van der Waals surface area contributed by atoms with Crippen molar-refractivity contribution in [2.45, 2.75) is 39.2 Å². The Morgan fingerprint density at radius 1 is 1.12 bits per heavy atom. The van der Waals surface area contributed by atoms with Crippen molar-refractivity contribution in [2.24, 2.45) is 0 Å². The lowest BCUT2D eigenvalue weighted by Gasteiger charge is -2.37. The predicted molar refractivity (Wildman–Crippen MR) is 94.8 cm³/mol. The maximum absolute atomic E-state index is 12.8.